The predicted octanol–water partition coefficient (Wildman–Crippen LogP) is 3.45. The standard InChI is InChI=1S/C15H29NO/c1-12-14(10-11-16(4)15(12,2)3)17-13-8-6-5-7-9-13/h12-14H,5-11H2,1-4H3. The minimum absolute atomic E-state index is 0.275. The van der Waals surface area contributed by atoms with E-state index in [4.69, 9.17) is 4.74 Å². The van der Waals surface area contributed by atoms with Crippen molar-refractivity contribution in [2.75, 3.05) is 13.6 Å². The molecule has 1 aliphatic heterocycles. The van der Waals surface area contributed by atoms with Crippen LogP contribution in [0.4, 0.5) is 0 Å². The molecule has 1 aliphatic carbocycles. The van der Waals surface area contributed by atoms with Gasteiger partial charge in [-0.3, -0.25) is 0 Å². The van der Waals surface area contributed by atoms with Gasteiger partial charge in [0.1, 0.15) is 0 Å². The molecule has 0 radical (unpaired) electrons. The van der Waals surface area contributed by atoms with Gasteiger partial charge in [-0.1, -0.05) is 26.2 Å². The molecule has 100 valence electrons. The van der Waals surface area contributed by atoms with E-state index in [9.17, 15) is 0 Å². The molecule has 2 nitrogen and oxygen atoms in total. The quantitative estimate of drug-likeness (QED) is 0.732. The van der Waals surface area contributed by atoms with E-state index in [-0.39, 0.29) is 5.54 Å². The minimum Gasteiger partial charge on any atom is -0.375 e. The van der Waals surface area contributed by atoms with Crippen molar-refractivity contribution in [1.82, 2.24) is 4.90 Å². The highest BCUT2D eigenvalue weighted by Crippen LogP contribution is 2.35. The number of ether oxygens (including phenoxy) is 1. The molecule has 1 saturated heterocycles. The fourth-order valence-corrected chi connectivity index (χ4v) is 3.30. The lowest BCUT2D eigenvalue weighted by molar-refractivity contribution is -0.115. The normalized spacial score (nSPS) is 36.0. The molecule has 0 aromatic carbocycles. The summed E-state index contributed by atoms with van der Waals surface area (Å²) in [5.41, 5.74) is 0.275. The zero-order chi connectivity index (χ0) is 12.5. The van der Waals surface area contributed by atoms with Crippen LogP contribution < -0.4 is 0 Å². The van der Waals surface area contributed by atoms with Crippen LogP contribution in [0.1, 0.15) is 59.3 Å². The first kappa shape index (κ1) is 13.4. The number of rotatable bonds is 2. The molecule has 2 rings (SSSR count). The van der Waals surface area contributed by atoms with Gasteiger partial charge in [-0.05, 0) is 40.2 Å². The fraction of sp³-hybridized carbons (Fsp3) is 1.00. The summed E-state index contributed by atoms with van der Waals surface area (Å²) >= 11 is 0. The lowest BCUT2D eigenvalue weighted by Crippen LogP contribution is -2.56. The van der Waals surface area contributed by atoms with Gasteiger partial charge in [-0.15, -0.1) is 0 Å². The van der Waals surface area contributed by atoms with Gasteiger partial charge < -0.3 is 9.64 Å². The van der Waals surface area contributed by atoms with Crippen molar-refractivity contribution in [3.05, 3.63) is 0 Å². The average Bonchev–Trinajstić information content (AvgIpc) is 2.32. The summed E-state index contributed by atoms with van der Waals surface area (Å²) in [4.78, 5) is 2.48. The molecule has 0 amide bonds. The van der Waals surface area contributed by atoms with Crippen LogP contribution in [0.15, 0.2) is 0 Å². The molecule has 0 spiro atoms. The van der Waals surface area contributed by atoms with E-state index in [1.807, 2.05) is 0 Å². The van der Waals surface area contributed by atoms with Crippen LogP contribution in [0.3, 0.4) is 0 Å². The van der Waals surface area contributed by atoms with Crippen LogP contribution in [-0.4, -0.2) is 36.2 Å². The van der Waals surface area contributed by atoms with Crippen molar-refractivity contribution in [1.29, 1.82) is 0 Å². The van der Waals surface area contributed by atoms with E-state index in [1.165, 1.54) is 45.1 Å². The lowest BCUT2D eigenvalue weighted by atomic mass is 9.78. The van der Waals surface area contributed by atoms with E-state index in [0.717, 1.165) is 0 Å². The van der Waals surface area contributed by atoms with Gasteiger partial charge in [0.15, 0.2) is 0 Å². The Kier molecular flexibility index (Phi) is 4.14. The molecule has 2 heteroatoms. The first-order valence-corrected chi connectivity index (χ1v) is 7.38. The smallest absolute Gasteiger partial charge is 0.0634 e. The highest BCUT2D eigenvalue weighted by atomic mass is 16.5. The van der Waals surface area contributed by atoms with Crippen LogP contribution >= 0.6 is 0 Å². The second-order valence-electron chi connectivity index (χ2n) is 6.59. The fourth-order valence-electron chi connectivity index (χ4n) is 3.30. The van der Waals surface area contributed by atoms with Crippen LogP contribution in [0.5, 0.6) is 0 Å². The Morgan fingerprint density at radius 2 is 1.71 bits per heavy atom. The average molecular weight is 239 g/mol. The Balaban J connectivity index is 1.92. The largest absolute Gasteiger partial charge is 0.375 e. The first-order chi connectivity index (χ1) is 8.01. The molecule has 0 aromatic heterocycles. The zero-order valence-electron chi connectivity index (χ0n) is 12.0. The van der Waals surface area contributed by atoms with Crippen molar-refractivity contribution in [3.8, 4) is 0 Å². The molecule has 2 unspecified atom stereocenters. The third-order valence-electron chi connectivity index (χ3n) is 5.32. The molecule has 2 fully saturated rings. The maximum atomic E-state index is 6.40. The molecule has 2 aliphatic rings. The molecular weight excluding hydrogens is 210 g/mol. The van der Waals surface area contributed by atoms with Crippen LogP contribution in [0.2, 0.25) is 0 Å². The number of hydrogen-bond acceptors (Lipinski definition) is 2. The molecule has 17 heavy (non-hydrogen) atoms. The van der Waals surface area contributed by atoms with Gasteiger partial charge in [0.25, 0.3) is 0 Å². The highest BCUT2D eigenvalue weighted by Gasteiger charge is 2.40. The van der Waals surface area contributed by atoms with Crippen molar-refractivity contribution < 1.29 is 4.74 Å². The summed E-state index contributed by atoms with van der Waals surface area (Å²) in [5, 5.41) is 0. The van der Waals surface area contributed by atoms with Crippen LogP contribution in [0.25, 0.3) is 0 Å². The van der Waals surface area contributed by atoms with Gasteiger partial charge in [0, 0.05) is 18.0 Å². The van der Waals surface area contributed by atoms with Gasteiger partial charge in [-0.25, -0.2) is 0 Å². The maximum absolute atomic E-state index is 6.40. The Bertz CT molecular complexity index is 245. The van der Waals surface area contributed by atoms with Gasteiger partial charge in [0.2, 0.25) is 0 Å². The Morgan fingerprint density at radius 3 is 2.35 bits per heavy atom. The summed E-state index contributed by atoms with van der Waals surface area (Å²) in [6.45, 7) is 8.25. The molecule has 0 aromatic rings. The van der Waals surface area contributed by atoms with Crippen molar-refractivity contribution >= 4 is 0 Å². The van der Waals surface area contributed by atoms with Crippen LogP contribution in [0, 0.1) is 5.92 Å². The minimum atomic E-state index is 0.275. The summed E-state index contributed by atoms with van der Waals surface area (Å²) < 4.78 is 6.40. The maximum Gasteiger partial charge on any atom is 0.0634 e. The molecule has 2 atom stereocenters. The van der Waals surface area contributed by atoms with E-state index in [0.29, 0.717) is 18.1 Å². The van der Waals surface area contributed by atoms with E-state index >= 15 is 0 Å². The number of hydrogen-bond donors (Lipinski definition) is 0. The Morgan fingerprint density at radius 1 is 1.06 bits per heavy atom. The molecule has 1 heterocycles. The van der Waals surface area contributed by atoms with Crippen molar-refractivity contribution in [2.24, 2.45) is 5.92 Å². The third-order valence-corrected chi connectivity index (χ3v) is 5.32. The highest BCUT2D eigenvalue weighted by molar-refractivity contribution is 4.94. The molecule has 1 saturated carbocycles. The topological polar surface area (TPSA) is 12.5 Å². The summed E-state index contributed by atoms with van der Waals surface area (Å²) in [6, 6.07) is 0. The lowest BCUT2D eigenvalue weighted by Gasteiger charge is -2.49. The monoisotopic (exact) mass is 239 g/mol. The van der Waals surface area contributed by atoms with Gasteiger partial charge in [-0.2, -0.15) is 0 Å². The van der Waals surface area contributed by atoms with E-state index in [2.05, 4.69) is 32.7 Å². The van der Waals surface area contributed by atoms with Gasteiger partial charge in [0.05, 0.1) is 12.2 Å². The molecule has 0 N–H and O–H groups in total. The first-order valence-electron chi connectivity index (χ1n) is 7.38. The Labute approximate surface area is 107 Å². The zero-order valence-corrected chi connectivity index (χ0v) is 12.0. The molecule has 0 bridgehead atoms. The van der Waals surface area contributed by atoms with E-state index < -0.39 is 0 Å². The summed E-state index contributed by atoms with van der Waals surface area (Å²) in [7, 11) is 2.24. The number of likely N-dealkylation sites (tertiary alicyclic amines) is 1. The third kappa shape index (κ3) is 2.85. The number of piperidine rings is 1. The van der Waals surface area contributed by atoms with Crippen molar-refractivity contribution in [2.45, 2.75) is 77.0 Å². The number of nitrogens with zero attached hydrogens (tertiary/aromatic N) is 1. The summed E-state index contributed by atoms with van der Waals surface area (Å²) in [5.74, 6) is 0.628. The Hall–Kier alpha value is -0.0800. The van der Waals surface area contributed by atoms with E-state index in [1.54, 1.807) is 0 Å². The second kappa shape index (κ2) is 5.27. The summed E-state index contributed by atoms with van der Waals surface area (Å²) in [6.07, 6.45) is 8.97. The predicted molar refractivity (Wildman–Crippen MR) is 72.2 cm³/mol. The molecular formula is C15H29NO. The van der Waals surface area contributed by atoms with Crippen LogP contribution in [-0.2, 0) is 4.74 Å². The van der Waals surface area contributed by atoms with Gasteiger partial charge >= 0.3 is 0 Å². The second-order valence-corrected chi connectivity index (χ2v) is 6.59. The SMILES string of the molecule is CC1C(OC2CCCCC2)CCN(C)C1(C)C. The van der Waals surface area contributed by atoms with Crippen molar-refractivity contribution in [3.63, 3.8) is 0 Å².